The molecule has 1 heterocycles. The van der Waals surface area contributed by atoms with E-state index in [2.05, 4.69) is 14.7 Å². The van der Waals surface area contributed by atoms with Gasteiger partial charge in [0.05, 0.1) is 18.1 Å². The maximum absolute atomic E-state index is 12.5. The minimum absolute atomic E-state index is 0.0139. The van der Waals surface area contributed by atoms with Crippen molar-refractivity contribution in [3.05, 3.63) is 52.8 Å². The van der Waals surface area contributed by atoms with Gasteiger partial charge in [0.2, 0.25) is 5.82 Å². The van der Waals surface area contributed by atoms with Crippen LogP contribution in [0.25, 0.3) is 11.0 Å². The smallest absolute Gasteiger partial charge is 0.374 e. The molecular formula is C16H13ClN2O5S. The van der Waals surface area contributed by atoms with Crippen LogP contribution in [0.3, 0.4) is 0 Å². The molecule has 0 bridgehead atoms. The monoisotopic (exact) mass is 380 g/mol. The van der Waals surface area contributed by atoms with E-state index < -0.39 is 16.1 Å². The fourth-order valence-corrected chi connectivity index (χ4v) is 3.67. The molecule has 0 saturated carbocycles. The summed E-state index contributed by atoms with van der Waals surface area (Å²) in [6.07, 6.45) is 0. The number of imidazole rings is 1. The van der Waals surface area contributed by atoms with E-state index in [1.165, 1.54) is 37.4 Å². The van der Waals surface area contributed by atoms with Gasteiger partial charge in [0.25, 0.3) is 0 Å². The first-order chi connectivity index (χ1) is 11.8. The number of methoxy groups -OCH3 is 1. The minimum atomic E-state index is -4.06. The van der Waals surface area contributed by atoms with Crippen LogP contribution in [0.5, 0.6) is 5.75 Å². The van der Waals surface area contributed by atoms with Gasteiger partial charge in [0, 0.05) is 11.1 Å². The normalized spacial score (nSPS) is 11.5. The summed E-state index contributed by atoms with van der Waals surface area (Å²) in [6.45, 7) is 1.60. The maximum Gasteiger partial charge on any atom is 0.374 e. The van der Waals surface area contributed by atoms with Crippen molar-refractivity contribution in [2.75, 3.05) is 7.11 Å². The van der Waals surface area contributed by atoms with Gasteiger partial charge < -0.3 is 13.9 Å². The lowest BCUT2D eigenvalue weighted by Crippen LogP contribution is -2.11. The Balaban J connectivity index is 1.97. The van der Waals surface area contributed by atoms with Crippen LogP contribution in [0.4, 0.5) is 0 Å². The highest BCUT2D eigenvalue weighted by Crippen LogP contribution is 2.27. The number of hydrogen-bond donors (Lipinski definition) is 1. The molecule has 0 unspecified atom stereocenters. The number of aromatic nitrogens is 2. The number of fused-ring (bicyclic) bond motifs is 1. The van der Waals surface area contributed by atoms with Crippen molar-refractivity contribution >= 4 is 38.7 Å². The van der Waals surface area contributed by atoms with Crippen LogP contribution in [0.1, 0.15) is 16.2 Å². The summed E-state index contributed by atoms with van der Waals surface area (Å²) < 4.78 is 34.7. The molecule has 0 spiro atoms. The fourth-order valence-electron chi connectivity index (χ4n) is 2.26. The van der Waals surface area contributed by atoms with Gasteiger partial charge in [-0.2, -0.15) is 8.42 Å². The van der Waals surface area contributed by atoms with Gasteiger partial charge in [-0.1, -0.05) is 17.7 Å². The largest absolute Gasteiger partial charge is 0.463 e. The molecule has 7 nitrogen and oxygen atoms in total. The molecule has 1 N–H and O–H groups in total. The van der Waals surface area contributed by atoms with E-state index in [0.717, 1.165) is 0 Å². The van der Waals surface area contributed by atoms with Gasteiger partial charge in [-0.25, -0.2) is 9.78 Å². The van der Waals surface area contributed by atoms with E-state index in [0.29, 0.717) is 21.6 Å². The molecule has 3 rings (SSSR count). The van der Waals surface area contributed by atoms with Gasteiger partial charge in [0.15, 0.2) is 0 Å². The Morgan fingerprint density at radius 2 is 2.00 bits per heavy atom. The second-order valence-electron chi connectivity index (χ2n) is 5.16. The number of carbonyl (C=O) groups excluding carboxylic acids is 1. The zero-order chi connectivity index (χ0) is 18.2. The number of H-pyrrole nitrogens is 1. The number of aromatic amines is 1. The third-order valence-electron chi connectivity index (χ3n) is 3.53. The van der Waals surface area contributed by atoms with Crippen LogP contribution in [0, 0.1) is 6.92 Å². The van der Waals surface area contributed by atoms with E-state index >= 15 is 0 Å². The highest BCUT2D eigenvalue weighted by atomic mass is 35.5. The predicted octanol–water partition coefficient (Wildman–Crippen LogP) is 3.08. The fraction of sp³-hybridized carbons (Fsp3) is 0.125. The first-order valence-corrected chi connectivity index (χ1v) is 8.88. The lowest BCUT2D eigenvalue weighted by Gasteiger charge is -2.10. The number of benzene rings is 2. The van der Waals surface area contributed by atoms with E-state index in [1.807, 2.05) is 0 Å². The summed E-state index contributed by atoms with van der Waals surface area (Å²) in [6, 6.07) is 8.97. The molecule has 0 saturated heterocycles. The molecule has 130 valence electrons. The Kier molecular flexibility index (Phi) is 4.40. The van der Waals surface area contributed by atoms with Crippen molar-refractivity contribution in [3.63, 3.8) is 0 Å². The van der Waals surface area contributed by atoms with Crippen LogP contribution in [-0.4, -0.2) is 31.5 Å². The molecule has 0 aliphatic carbocycles. The lowest BCUT2D eigenvalue weighted by molar-refractivity contribution is 0.0588. The number of nitrogens with one attached hydrogen (secondary N) is 1. The number of halogens is 1. The first-order valence-electron chi connectivity index (χ1n) is 7.09. The predicted molar refractivity (Wildman–Crippen MR) is 91.4 cm³/mol. The summed E-state index contributed by atoms with van der Waals surface area (Å²) in [7, 11) is -2.82. The average molecular weight is 381 g/mol. The van der Waals surface area contributed by atoms with Crippen LogP contribution < -0.4 is 4.18 Å². The number of esters is 1. The molecule has 2 aromatic carbocycles. The van der Waals surface area contributed by atoms with Crippen LogP contribution in [-0.2, 0) is 14.9 Å². The van der Waals surface area contributed by atoms with Gasteiger partial charge in [-0.3, -0.25) is 0 Å². The van der Waals surface area contributed by atoms with Crippen LogP contribution in [0.15, 0.2) is 41.3 Å². The Morgan fingerprint density at radius 1 is 1.24 bits per heavy atom. The number of nitrogens with zero attached hydrogens (tertiary/aromatic N) is 1. The highest BCUT2D eigenvalue weighted by Gasteiger charge is 2.21. The summed E-state index contributed by atoms with van der Waals surface area (Å²) in [5.41, 5.74) is 1.32. The van der Waals surface area contributed by atoms with Gasteiger partial charge in [0.1, 0.15) is 10.6 Å². The minimum Gasteiger partial charge on any atom is -0.463 e. The van der Waals surface area contributed by atoms with E-state index in [1.54, 1.807) is 13.0 Å². The van der Waals surface area contributed by atoms with E-state index in [4.69, 9.17) is 15.8 Å². The summed E-state index contributed by atoms with van der Waals surface area (Å²) in [5.74, 6) is -0.532. The molecule has 0 atom stereocenters. The molecule has 0 aliphatic rings. The van der Waals surface area contributed by atoms with Crippen molar-refractivity contribution in [1.29, 1.82) is 0 Å². The molecule has 3 aromatic rings. The standard InChI is InChI=1S/C16H13ClN2O5S/c1-9-11(17)4-3-5-14(9)25(21,22)24-10-6-7-12-13(8-10)19-15(18-12)16(20)23-2/h3-8H,1-2H3,(H,18,19). The Bertz CT molecular complexity index is 1080. The Morgan fingerprint density at radius 3 is 2.72 bits per heavy atom. The van der Waals surface area contributed by atoms with Gasteiger partial charge in [-0.05, 0) is 36.8 Å². The Hall–Kier alpha value is -2.58. The number of carbonyl (C=O) groups is 1. The topological polar surface area (TPSA) is 98.3 Å². The van der Waals surface area contributed by atoms with Crippen molar-refractivity contribution < 1.29 is 22.1 Å². The summed E-state index contributed by atoms with van der Waals surface area (Å²) >= 11 is 5.97. The lowest BCUT2D eigenvalue weighted by atomic mass is 10.2. The zero-order valence-electron chi connectivity index (χ0n) is 13.2. The molecule has 9 heteroatoms. The second-order valence-corrected chi connectivity index (χ2v) is 7.08. The number of ether oxygens (including phenoxy) is 1. The van der Waals surface area contributed by atoms with E-state index in [-0.39, 0.29) is 16.5 Å². The van der Waals surface area contributed by atoms with Crippen molar-refractivity contribution in [3.8, 4) is 5.75 Å². The van der Waals surface area contributed by atoms with Gasteiger partial charge in [-0.15, -0.1) is 0 Å². The zero-order valence-corrected chi connectivity index (χ0v) is 14.8. The average Bonchev–Trinajstić information content (AvgIpc) is 2.99. The third kappa shape index (κ3) is 3.31. The molecule has 1 aromatic heterocycles. The summed E-state index contributed by atoms with van der Waals surface area (Å²) in [5, 5.41) is 0.330. The van der Waals surface area contributed by atoms with Crippen molar-refractivity contribution in [2.24, 2.45) is 0 Å². The highest BCUT2D eigenvalue weighted by molar-refractivity contribution is 7.87. The van der Waals surface area contributed by atoms with Crippen LogP contribution >= 0.6 is 11.6 Å². The molecule has 25 heavy (non-hydrogen) atoms. The molecule has 0 fully saturated rings. The van der Waals surface area contributed by atoms with E-state index in [9.17, 15) is 13.2 Å². The SMILES string of the molecule is COC(=O)c1nc2ccc(OS(=O)(=O)c3cccc(Cl)c3C)cc2[nH]1. The second kappa shape index (κ2) is 6.38. The molecular weight excluding hydrogens is 368 g/mol. The molecule has 0 amide bonds. The number of hydrogen-bond acceptors (Lipinski definition) is 6. The van der Waals surface area contributed by atoms with Crippen molar-refractivity contribution in [1.82, 2.24) is 9.97 Å². The summed E-state index contributed by atoms with van der Waals surface area (Å²) in [4.78, 5) is 18.3. The number of rotatable bonds is 4. The quantitative estimate of drug-likeness (QED) is 0.551. The van der Waals surface area contributed by atoms with Gasteiger partial charge >= 0.3 is 16.1 Å². The Labute approximate surface area is 148 Å². The molecule has 0 radical (unpaired) electrons. The van der Waals surface area contributed by atoms with Crippen molar-refractivity contribution in [2.45, 2.75) is 11.8 Å². The third-order valence-corrected chi connectivity index (χ3v) is 5.33. The molecule has 0 aliphatic heterocycles. The van der Waals surface area contributed by atoms with Crippen LogP contribution in [0.2, 0.25) is 5.02 Å². The maximum atomic E-state index is 12.5. The first kappa shape index (κ1) is 17.2.